The van der Waals surface area contributed by atoms with Crippen molar-refractivity contribution in [3.05, 3.63) is 29.8 Å². The normalized spacial score (nSPS) is 20.7. The molecule has 0 aliphatic carbocycles. The fraction of sp³-hybridized carbons (Fsp3) is 0.571. The van der Waals surface area contributed by atoms with Gasteiger partial charge in [-0.05, 0) is 45.3 Å². The molecule has 1 saturated heterocycles. The van der Waals surface area contributed by atoms with Crippen molar-refractivity contribution >= 4 is 10.0 Å². The Hall–Kier alpha value is -0.950. The van der Waals surface area contributed by atoms with E-state index in [2.05, 4.69) is 10.2 Å². The summed E-state index contributed by atoms with van der Waals surface area (Å²) in [6.45, 7) is 1.84. The second kappa shape index (κ2) is 6.22. The third-order valence-electron chi connectivity index (χ3n) is 3.77. The summed E-state index contributed by atoms with van der Waals surface area (Å²) in [5, 5.41) is 3.04. The molecule has 20 heavy (non-hydrogen) atoms. The molecule has 0 bridgehead atoms. The Bertz CT molecular complexity index is 557. The van der Waals surface area contributed by atoms with Crippen LogP contribution < -0.4 is 5.32 Å². The van der Waals surface area contributed by atoms with Gasteiger partial charge in [0.05, 0.1) is 4.90 Å². The molecule has 0 spiro atoms. The van der Waals surface area contributed by atoms with Crippen LogP contribution in [0.15, 0.2) is 29.2 Å². The molecule has 0 amide bonds. The zero-order valence-corrected chi connectivity index (χ0v) is 13.2. The Labute approximate surface area is 121 Å². The zero-order valence-electron chi connectivity index (χ0n) is 12.3. The highest BCUT2D eigenvalue weighted by Crippen LogP contribution is 2.23. The number of likely N-dealkylation sites (N-methyl/N-ethyl adjacent to an activating group) is 1. The molecule has 0 saturated carbocycles. The average Bonchev–Trinajstić information content (AvgIpc) is 2.90. The Morgan fingerprint density at radius 2 is 2.15 bits per heavy atom. The first-order valence-corrected chi connectivity index (χ1v) is 8.29. The molecule has 1 aromatic carbocycles. The quantitative estimate of drug-likeness (QED) is 0.870. The smallest absolute Gasteiger partial charge is 0.243 e. The molecule has 6 heteroatoms. The van der Waals surface area contributed by atoms with Crippen LogP contribution in [0.1, 0.15) is 12.0 Å². The van der Waals surface area contributed by atoms with Gasteiger partial charge in [-0.1, -0.05) is 12.1 Å². The number of hydrogen-bond acceptors (Lipinski definition) is 4. The Kier molecular flexibility index (Phi) is 4.80. The van der Waals surface area contributed by atoms with Crippen LogP contribution in [0.25, 0.3) is 0 Å². The van der Waals surface area contributed by atoms with E-state index in [0.29, 0.717) is 30.6 Å². The van der Waals surface area contributed by atoms with Gasteiger partial charge in [0, 0.05) is 25.7 Å². The zero-order chi connectivity index (χ0) is 14.8. The molecule has 1 unspecified atom stereocenters. The van der Waals surface area contributed by atoms with Crippen molar-refractivity contribution < 1.29 is 8.42 Å². The SMILES string of the molecule is CNCc1cccc(S(=O)(=O)N2CCC(N(C)C)C2)c1. The lowest BCUT2D eigenvalue weighted by Gasteiger charge is -2.20. The third-order valence-corrected chi connectivity index (χ3v) is 5.63. The molecule has 112 valence electrons. The molecule has 1 aromatic rings. The molecule has 2 rings (SSSR count). The molecule has 1 aliphatic rings. The maximum Gasteiger partial charge on any atom is 0.243 e. The first kappa shape index (κ1) is 15.4. The minimum absolute atomic E-state index is 0.310. The van der Waals surface area contributed by atoms with E-state index in [-0.39, 0.29) is 0 Å². The molecule has 0 radical (unpaired) electrons. The summed E-state index contributed by atoms with van der Waals surface area (Å²) in [5.74, 6) is 0. The fourth-order valence-electron chi connectivity index (χ4n) is 2.52. The Morgan fingerprint density at radius 3 is 2.75 bits per heavy atom. The van der Waals surface area contributed by atoms with E-state index in [4.69, 9.17) is 0 Å². The maximum atomic E-state index is 12.6. The molecule has 1 aliphatic heterocycles. The Balaban J connectivity index is 2.20. The summed E-state index contributed by atoms with van der Waals surface area (Å²) in [4.78, 5) is 2.48. The third kappa shape index (κ3) is 3.20. The van der Waals surface area contributed by atoms with Crippen LogP contribution >= 0.6 is 0 Å². The average molecular weight is 297 g/mol. The van der Waals surface area contributed by atoms with E-state index in [1.165, 1.54) is 0 Å². The molecule has 1 heterocycles. The monoisotopic (exact) mass is 297 g/mol. The largest absolute Gasteiger partial charge is 0.316 e. The van der Waals surface area contributed by atoms with Crippen LogP contribution in [-0.4, -0.2) is 57.9 Å². The van der Waals surface area contributed by atoms with E-state index in [1.807, 2.05) is 27.2 Å². The summed E-state index contributed by atoms with van der Waals surface area (Å²) >= 11 is 0. The van der Waals surface area contributed by atoms with Gasteiger partial charge >= 0.3 is 0 Å². The Morgan fingerprint density at radius 1 is 1.40 bits per heavy atom. The van der Waals surface area contributed by atoms with Gasteiger partial charge in [0.25, 0.3) is 0 Å². The van der Waals surface area contributed by atoms with Crippen LogP contribution in [0.3, 0.4) is 0 Å². The summed E-state index contributed by atoms with van der Waals surface area (Å²) in [5.41, 5.74) is 0.983. The van der Waals surface area contributed by atoms with Gasteiger partial charge in [-0.15, -0.1) is 0 Å². The maximum absolute atomic E-state index is 12.6. The highest BCUT2D eigenvalue weighted by molar-refractivity contribution is 7.89. The van der Waals surface area contributed by atoms with E-state index < -0.39 is 10.0 Å². The predicted molar refractivity (Wildman–Crippen MR) is 80.1 cm³/mol. The van der Waals surface area contributed by atoms with Crippen LogP contribution in [0.5, 0.6) is 0 Å². The highest BCUT2D eigenvalue weighted by atomic mass is 32.2. The summed E-state index contributed by atoms with van der Waals surface area (Å²) in [6.07, 6.45) is 0.891. The first-order chi connectivity index (χ1) is 9.45. The van der Waals surface area contributed by atoms with Crippen LogP contribution in [0.2, 0.25) is 0 Å². The van der Waals surface area contributed by atoms with E-state index >= 15 is 0 Å². The topological polar surface area (TPSA) is 52.7 Å². The van der Waals surface area contributed by atoms with Crippen molar-refractivity contribution in [2.75, 3.05) is 34.2 Å². The first-order valence-electron chi connectivity index (χ1n) is 6.85. The lowest BCUT2D eigenvalue weighted by Crippen LogP contribution is -2.34. The van der Waals surface area contributed by atoms with Crippen molar-refractivity contribution in [1.29, 1.82) is 0 Å². The summed E-state index contributed by atoms with van der Waals surface area (Å²) in [7, 11) is 2.47. The van der Waals surface area contributed by atoms with Gasteiger partial charge in [0.15, 0.2) is 0 Å². The van der Waals surface area contributed by atoms with Crippen molar-refractivity contribution in [3.8, 4) is 0 Å². The van der Waals surface area contributed by atoms with Gasteiger partial charge in [-0.2, -0.15) is 4.31 Å². The van der Waals surface area contributed by atoms with Crippen molar-refractivity contribution in [3.63, 3.8) is 0 Å². The van der Waals surface area contributed by atoms with Crippen LogP contribution in [0, 0.1) is 0 Å². The van der Waals surface area contributed by atoms with E-state index in [1.54, 1.807) is 22.5 Å². The highest BCUT2D eigenvalue weighted by Gasteiger charge is 2.33. The number of rotatable bonds is 5. The summed E-state index contributed by atoms with van der Waals surface area (Å²) < 4.78 is 26.9. The van der Waals surface area contributed by atoms with E-state index in [0.717, 1.165) is 12.0 Å². The lowest BCUT2D eigenvalue weighted by molar-refractivity contribution is 0.302. The van der Waals surface area contributed by atoms with Crippen molar-refractivity contribution in [2.24, 2.45) is 0 Å². The number of benzene rings is 1. The molecule has 1 N–H and O–H groups in total. The van der Waals surface area contributed by atoms with Gasteiger partial charge < -0.3 is 10.2 Å². The fourth-order valence-corrected chi connectivity index (χ4v) is 4.08. The number of nitrogens with one attached hydrogen (secondary N) is 1. The number of sulfonamides is 1. The van der Waals surface area contributed by atoms with Gasteiger partial charge in [0.1, 0.15) is 0 Å². The molecular weight excluding hydrogens is 274 g/mol. The second-order valence-electron chi connectivity index (χ2n) is 5.45. The lowest BCUT2D eigenvalue weighted by atomic mass is 10.2. The van der Waals surface area contributed by atoms with Gasteiger partial charge in [0.2, 0.25) is 10.0 Å². The molecule has 1 fully saturated rings. The molecule has 5 nitrogen and oxygen atoms in total. The van der Waals surface area contributed by atoms with Crippen LogP contribution in [0.4, 0.5) is 0 Å². The van der Waals surface area contributed by atoms with Crippen molar-refractivity contribution in [1.82, 2.24) is 14.5 Å². The predicted octanol–water partition coefficient (Wildman–Crippen LogP) is 0.731. The molecular formula is C14H23N3O2S. The van der Waals surface area contributed by atoms with Crippen LogP contribution in [-0.2, 0) is 16.6 Å². The summed E-state index contributed by atoms with van der Waals surface area (Å²) in [6, 6.07) is 7.48. The minimum Gasteiger partial charge on any atom is -0.316 e. The standard InChI is InChI=1S/C14H23N3O2S/c1-15-10-12-5-4-6-14(9-12)20(18,19)17-8-7-13(11-17)16(2)3/h4-6,9,13,15H,7-8,10-11H2,1-3H3. The number of nitrogens with zero attached hydrogens (tertiary/aromatic N) is 2. The number of hydrogen-bond donors (Lipinski definition) is 1. The molecule has 1 atom stereocenters. The van der Waals surface area contributed by atoms with Gasteiger partial charge in [-0.3, -0.25) is 0 Å². The minimum atomic E-state index is -3.37. The second-order valence-corrected chi connectivity index (χ2v) is 7.38. The van der Waals surface area contributed by atoms with Gasteiger partial charge in [-0.25, -0.2) is 8.42 Å². The molecule has 0 aromatic heterocycles. The van der Waals surface area contributed by atoms with Crippen molar-refractivity contribution in [2.45, 2.75) is 23.9 Å². The van der Waals surface area contributed by atoms with E-state index in [9.17, 15) is 8.42 Å².